The molecule has 0 aliphatic carbocycles. The van der Waals surface area contributed by atoms with E-state index in [1.54, 1.807) is 19.2 Å². The molecule has 2 heterocycles. The number of benzene rings is 1. The van der Waals surface area contributed by atoms with Crippen LogP contribution in [0.2, 0.25) is 0 Å². The van der Waals surface area contributed by atoms with Crippen LogP contribution in [0.5, 0.6) is 0 Å². The molecule has 1 unspecified atom stereocenters. The number of nitrogens with one attached hydrogen (secondary N) is 1. The van der Waals surface area contributed by atoms with Crippen molar-refractivity contribution in [2.24, 2.45) is 0 Å². The summed E-state index contributed by atoms with van der Waals surface area (Å²) in [6.45, 7) is 3.71. The molecule has 2 aromatic rings. The number of hydrogen-bond acceptors (Lipinski definition) is 6. The Morgan fingerprint density at radius 2 is 2.09 bits per heavy atom. The molecule has 5 atom stereocenters. The molecule has 1 aliphatic heterocycles. The summed E-state index contributed by atoms with van der Waals surface area (Å²) in [5.74, 6) is -1.40. The minimum absolute atomic E-state index is 0.129. The molecule has 32 heavy (non-hydrogen) atoms. The van der Waals surface area contributed by atoms with Gasteiger partial charge in [0.2, 0.25) is 0 Å². The average molecular weight is 446 g/mol. The zero-order valence-corrected chi connectivity index (χ0v) is 18.4. The Labute approximate surface area is 187 Å². The molecule has 1 saturated heterocycles. The highest BCUT2D eigenvalue weighted by Gasteiger charge is 2.38. The highest BCUT2D eigenvalue weighted by Crippen LogP contribution is 2.27. The summed E-state index contributed by atoms with van der Waals surface area (Å²) in [6, 6.07) is 7.49. The molecule has 174 valence electrons. The van der Waals surface area contributed by atoms with Gasteiger partial charge in [-0.2, -0.15) is 0 Å². The summed E-state index contributed by atoms with van der Waals surface area (Å²) >= 11 is 0. The molecule has 1 aromatic heterocycles. The third kappa shape index (κ3) is 6.41. The molecule has 0 bridgehead atoms. The molecule has 0 radical (unpaired) electrons. The van der Waals surface area contributed by atoms with Crippen LogP contribution < -0.4 is 0 Å². The van der Waals surface area contributed by atoms with E-state index in [1.807, 2.05) is 31.2 Å². The number of hydrogen-bond donors (Lipinski definition) is 3. The molecule has 0 amide bonds. The molecule has 8 nitrogen and oxygen atoms in total. The smallest absolute Gasteiger partial charge is 0.340 e. The second-order valence-electron chi connectivity index (χ2n) is 8.18. The van der Waals surface area contributed by atoms with Crippen molar-refractivity contribution in [1.82, 2.24) is 4.98 Å². The number of esters is 1. The summed E-state index contributed by atoms with van der Waals surface area (Å²) < 4.78 is 17.3. The van der Waals surface area contributed by atoms with Crippen LogP contribution in [0.1, 0.15) is 56.3 Å². The van der Waals surface area contributed by atoms with Crippen LogP contribution in [0, 0.1) is 0 Å². The number of aliphatic hydroxyl groups excluding tert-OH is 1. The number of unbranched alkanes of at least 4 members (excludes halogenated alkanes) is 2. The fourth-order valence-electron chi connectivity index (χ4n) is 3.81. The van der Waals surface area contributed by atoms with Gasteiger partial charge in [0.05, 0.1) is 17.8 Å². The van der Waals surface area contributed by atoms with E-state index >= 15 is 0 Å². The number of aliphatic hydroxyl groups is 1. The van der Waals surface area contributed by atoms with E-state index in [0.29, 0.717) is 12.0 Å². The first kappa shape index (κ1) is 24.0. The molecule has 3 rings (SSSR count). The number of aromatic nitrogens is 1. The zero-order chi connectivity index (χ0) is 23.1. The number of aromatic amines is 1. The summed E-state index contributed by atoms with van der Waals surface area (Å²) in [7, 11) is 0. The maximum Gasteiger partial charge on any atom is 0.340 e. The van der Waals surface area contributed by atoms with E-state index in [1.165, 1.54) is 0 Å². The second kappa shape index (κ2) is 11.3. The van der Waals surface area contributed by atoms with Crippen molar-refractivity contribution < 1.29 is 34.0 Å². The van der Waals surface area contributed by atoms with Gasteiger partial charge in [0.15, 0.2) is 6.29 Å². The van der Waals surface area contributed by atoms with Crippen LogP contribution in [-0.2, 0) is 19.0 Å². The van der Waals surface area contributed by atoms with Crippen LogP contribution in [-0.4, -0.2) is 57.8 Å². The lowest BCUT2D eigenvalue weighted by molar-refractivity contribution is -0.273. The molecule has 0 saturated carbocycles. The Balaban J connectivity index is 1.45. The normalized spacial score (nSPS) is 24.6. The van der Waals surface area contributed by atoms with E-state index in [-0.39, 0.29) is 12.5 Å². The van der Waals surface area contributed by atoms with Gasteiger partial charge >= 0.3 is 11.9 Å². The molecular weight excluding hydrogens is 414 g/mol. The number of carbonyl (C=O) groups excluding carboxylic acids is 1. The van der Waals surface area contributed by atoms with Crippen molar-refractivity contribution in [1.29, 1.82) is 0 Å². The first-order valence-corrected chi connectivity index (χ1v) is 11.0. The van der Waals surface area contributed by atoms with E-state index in [0.717, 1.165) is 36.2 Å². The third-order valence-corrected chi connectivity index (χ3v) is 5.59. The van der Waals surface area contributed by atoms with Crippen molar-refractivity contribution in [3.8, 4) is 0 Å². The number of carboxylic acids is 1. The SMILES string of the molecule is CC1O[C@@H](O[C@H](C)CCCC/C=C/C(=O)O)[C@@H](O)C[C@H]1OC(=O)c1c[nH]c2ccccc12. The van der Waals surface area contributed by atoms with Gasteiger partial charge in [-0.3, -0.25) is 0 Å². The Morgan fingerprint density at radius 3 is 2.88 bits per heavy atom. The minimum Gasteiger partial charge on any atom is -0.478 e. The fraction of sp³-hybridized carbons (Fsp3) is 0.500. The number of aliphatic carboxylic acids is 1. The number of fused-ring (bicyclic) bond motifs is 1. The van der Waals surface area contributed by atoms with Crippen LogP contribution >= 0.6 is 0 Å². The Bertz CT molecular complexity index is 937. The first-order valence-electron chi connectivity index (χ1n) is 11.0. The highest BCUT2D eigenvalue weighted by atomic mass is 16.7. The van der Waals surface area contributed by atoms with Gasteiger partial charge in [0, 0.05) is 29.6 Å². The van der Waals surface area contributed by atoms with Gasteiger partial charge in [-0.15, -0.1) is 0 Å². The van der Waals surface area contributed by atoms with E-state index in [2.05, 4.69) is 4.98 Å². The van der Waals surface area contributed by atoms with Crippen molar-refractivity contribution in [3.05, 3.63) is 48.2 Å². The summed E-state index contributed by atoms with van der Waals surface area (Å²) in [4.78, 5) is 26.2. The number of carboxylic acid groups (broad SMARTS) is 1. The summed E-state index contributed by atoms with van der Waals surface area (Å²) in [5.41, 5.74) is 1.31. The molecular formula is C24H31NO7. The molecule has 1 aromatic carbocycles. The lowest BCUT2D eigenvalue weighted by atomic mass is 10.0. The molecule has 3 N–H and O–H groups in total. The monoisotopic (exact) mass is 445 g/mol. The number of ether oxygens (including phenoxy) is 3. The van der Waals surface area contributed by atoms with Crippen LogP contribution in [0.4, 0.5) is 0 Å². The van der Waals surface area contributed by atoms with E-state index < -0.39 is 36.5 Å². The van der Waals surface area contributed by atoms with Gasteiger partial charge in [0.1, 0.15) is 12.2 Å². The number of carbonyl (C=O) groups is 2. The van der Waals surface area contributed by atoms with E-state index in [9.17, 15) is 14.7 Å². The fourth-order valence-corrected chi connectivity index (χ4v) is 3.81. The predicted octanol–water partition coefficient (Wildman–Crippen LogP) is 3.80. The van der Waals surface area contributed by atoms with Crippen molar-refractivity contribution in [3.63, 3.8) is 0 Å². The Morgan fingerprint density at radius 1 is 1.31 bits per heavy atom. The molecule has 1 fully saturated rings. The lowest BCUT2D eigenvalue weighted by Crippen LogP contribution is -2.49. The number of H-pyrrole nitrogens is 1. The second-order valence-corrected chi connectivity index (χ2v) is 8.18. The lowest BCUT2D eigenvalue weighted by Gasteiger charge is -2.38. The average Bonchev–Trinajstić information content (AvgIpc) is 3.18. The van der Waals surface area contributed by atoms with Gasteiger partial charge in [0.25, 0.3) is 0 Å². The Kier molecular flexibility index (Phi) is 8.44. The summed E-state index contributed by atoms with van der Waals surface area (Å²) in [6.07, 6.45) is 5.00. The topological polar surface area (TPSA) is 118 Å². The zero-order valence-electron chi connectivity index (χ0n) is 18.4. The molecule has 8 heteroatoms. The highest BCUT2D eigenvalue weighted by molar-refractivity contribution is 6.04. The van der Waals surface area contributed by atoms with Crippen molar-refractivity contribution in [2.45, 2.75) is 76.7 Å². The number of para-hydroxylation sites is 1. The summed E-state index contributed by atoms with van der Waals surface area (Å²) in [5, 5.41) is 19.9. The predicted molar refractivity (Wildman–Crippen MR) is 118 cm³/mol. The third-order valence-electron chi connectivity index (χ3n) is 5.59. The molecule has 1 aliphatic rings. The van der Waals surface area contributed by atoms with Gasteiger partial charge in [-0.25, -0.2) is 9.59 Å². The molecule has 0 spiro atoms. The number of allylic oxidation sites excluding steroid dienone is 1. The minimum atomic E-state index is -0.940. The standard InChI is InChI=1S/C24H31NO7/c1-15(9-5-3-4-6-12-22(27)28)30-24-20(26)13-21(16(2)31-24)32-23(29)18-14-25-19-11-8-7-10-17(18)19/h6-8,10-12,14-16,20-21,24-26H,3-5,9,13H2,1-2H3,(H,27,28)/b12-6+/t15-,16?,20+,21-,24-/m1/s1. The van der Waals surface area contributed by atoms with Gasteiger partial charge in [-0.1, -0.05) is 30.7 Å². The maximum absolute atomic E-state index is 12.7. The van der Waals surface area contributed by atoms with Crippen LogP contribution in [0.25, 0.3) is 10.9 Å². The first-order chi connectivity index (χ1) is 15.3. The van der Waals surface area contributed by atoms with Crippen molar-refractivity contribution in [2.75, 3.05) is 0 Å². The van der Waals surface area contributed by atoms with Crippen molar-refractivity contribution >= 4 is 22.8 Å². The quantitative estimate of drug-likeness (QED) is 0.289. The van der Waals surface area contributed by atoms with Gasteiger partial charge in [-0.05, 0) is 39.2 Å². The maximum atomic E-state index is 12.7. The van der Waals surface area contributed by atoms with Crippen LogP contribution in [0.3, 0.4) is 0 Å². The van der Waals surface area contributed by atoms with E-state index in [4.69, 9.17) is 19.3 Å². The largest absolute Gasteiger partial charge is 0.478 e. The van der Waals surface area contributed by atoms with Crippen LogP contribution in [0.15, 0.2) is 42.6 Å². The number of rotatable bonds is 10. The van der Waals surface area contributed by atoms with Gasteiger partial charge < -0.3 is 29.4 Å². The Hall–Kier alpha value is -2.68.